The molecule has 0 aliphatic heterocycles. The molecule has 0 unspecified atom stereocenters. The van der Waals surface area contributed by atoms with Crippen molar-refractivity contribution in [1.29, 1.82) is 0 Å². The molecule has 38 heavy (non-hydrogen) atoms. The number of aryl methyl sites for hydroxylation is 1. The van der Waals surface area contributed by atoms with Gasteiger partial charge < -0.3 is 9.29 Å². The van der Waals surface area contributed by atoms with E-state index in [1.54, 1.807) is 18.2 Å². The van der Waals surface area contributed by atoms with Crippen molar-refractivity contribution < 1.29 is 35.7 Å². The lowest BCUT2D eigenvalue weighted by molar-refractivity contribution is -0.0499. The van der Waals surface area contributed by atoms with E-state index in [1.807, 2.05) is 19.1 Å². The van der Waals surface area contributed by atoms with Crippen molar-refractivity contribution in [2.75, 3.05) is 0 Å². The Balaban J connectivity index is 1.95. The maximum atomic E-state index is 13.2. The number of alkyl halides is 3. The Morgan fingerprint density at radius 1 is 0.842 bits per heavy atom. The first-order valence-electron chi connectivity index (χ1n) is 12.1. The SMILES string of the molecule is Cc1cc2c(cc1-c1cc(-c3ccc(C(=O)O)cc3)ccc1OS(=O)(=O)C(F)(F)F)C(C)(C)CCC2(C)C. The fourth-order valence-electron chi connectivity index (χ4n) is 4.98. The van der Waals surface area contributed by atoms with Crippen LogP contribution in [-0.2, 0) is 20.9 Å². The summed E-state index contributed by atoms with van der Waals surface area (Å²) >= 11 is 0. The molecule has 0 saturated carbocycles. The van der Waals surface area contributed by atoms with Gasteiger partial charge in [-0.1, -0.05) is 52.0 Å². The van der Waals surface area contributed by atoms with Crippen LogP contribution in [0.1, 0.15) is 67.6 Å². The van der Waals surface area contributed by atoms with Crippen LogP contribution in [0.25, 0.3) is 22.3 Å². The van der Waals surface area contributed by atoms with Crippen LogP contribution < -0.4 is 4.18 Å². The first-order chi connectivity index (χ1) is 17.4. The predicted molar refractivity (Wildman–Crippen MR) is 140 cm³/mol. The molecule has 1 N–H and O–H groups in total. The molecule has 0 aromatic heterocycles. The minimum absolute atomic E-state index is 0.0839. The van der Waals surface area contributed by atoms with Crippen LogP contribution in [-0.4, -0.2) is 25.0 Å². The van der Waals surface area contributed by atoms with E-state index >= 15 is 0 Å². The fourth-order valence-corrected chi connectivity index (χ4v) is 5.45. The summed E-state index contributed by atoms with van der Waals surface area (Å²) in [6.45, 7) is 10.4. The number of halogens is 3. The number of hydrogen-bond acceptors (Lipinski definition) is 4. The van der Waals surface area contributed by atoms with Gasteiger partial charge in [-0.15, -0.1) is 0 Å². The van der Waals surface area contributed by atoms with Gasteiger partial charge in [0.25, 0.3) is 0 Å². The first kappa shape index (κ1) is 27.7. The molecule has 202 valence electrons. The van der Waals surface area contributed by atoms with Gasteiger partial charge in [0.15, 0.2) is 5.75 Å². The van der Waals surface area contributed by atoms with E-state index in [0.717, 1.165) is 29.5 Å². The highest BCUT2D eigenvalue weighted by atomic mass is 32.2. The average molecular weight is 547 g/mol. The lowest BCUT2D eigenvalue weighted by Gasteiger charge is -2.42. The Kier molecular flexibility index (Phi) is 6.67. The summed E-state index contributed by atoms with van der Waals surface area (Å²) in [5.74, 6) is -1.53. The Morgan fingerprint density at radius 2 is 1.37 bits per heavy atom. The van der Waals surface area contributed by atoms with Crippen LogP contribution in [0.3, 0.4) is 0 Å². The van der Waals surface area contributed by atoms with Crippen LogP contribution in [0.4, 0.5) is 13.2 Å². The van der Waals surface area contributed by atoms with Gasteiger partial charge in [0.2, 0.25) is 0 Å². The molecular formula is C29H29F3O5S. The third-order valence-corrected chi connectivity index (χ3v) is 8.38. The third-order valence-electron chi connectivity index (χ3n) is 7.42. The standard InChI is InChI=1S/C29H29F3O5S/c1-17-14-23-24(28(4,5)13-12-27(23,2)3)16-21(17)22-15-20(18-6-8-19(9-7-18)26(33)34)10-11-25(22)37-38(35,36)29(30,31)32/h6-11,14-16H,12-13H2,1-5H3,(H,33,34). The minimum Gasteiger partial charge on any atom is -0.478 e. The lowest BCUT2D eigenvalue weighted by Crippen LogP contribution is -2.34. The largest absolute Gasteiger partial charge is 0.534 e. The van der Waals surface area contributed by atoms with E-state index in [9.17, 15) is 31.5 Å². The van der Waals surface area contributed by atoms with Gasteiger partial charge in [0.05, 0.1) is 5.56 Å². The van der Waals surface area contributed by atoms with Crippen molar-refractivity contribution in [1.82, 2.24) is 0 Å². The van der Waals surface area contributed by atoms with Crippen molar-refractivity contribution in [3.05, 3.63) is 76.9 Å². The molecule has 3 aromatic rings. The molecule has 0 spiro atoms. The molecule has 4 rings (SSSR count). The number of benzene rings is 3. The summed E-state index contributed by atoms with van der Waals surface area (Å²) in [6.07, 6.45) is 1.89. The zero-order chi connectivity index (χ0) is 28.3. The van der Waals surface area contributed by atoms with Crippen LogP contribution in [0.2, 0.25) is 0 Å². The Labute approximate surface area is 220 Å². The van der Waals surface area contributed by atoms with E-state index < -0.39 is 27.3 Å². The summed E-state index contributed by atoms with van der Waals surface area (Å²) in [7, 11) is -5.91. The molecule has 0 atom stereocenters. The fraction of sp³-hybridized carbons (Fsp3) is 0.345. The topological polar surface area (TPSA) is 80.7 Å². The molecule has 0 saturated heterocycles. The van der Waals surface area contributed by atoms with E-state index in [2.05, 4.69) is 31.9 Å². The van der Waals surface area contributed by atoms with Crippen molar-refractivity contribution in [2.45, 2.75) is 63.8 Å². The van der Waals surface area contributed by atoms with Crippen molar-refractivity contribution in [3.8, 4) is 28.0 Å². The zero-order valence-corrected chi connectivity index (χ0v) is 22.5. The normalized spacial score (nSPS) is 16.5. The molecule has 5 nitrogen and oxygen atoms in total. The quantitative estimate of drug-likeness (QED) is 0.263. The first-order valence-corrected chi connectivity index (χ1v) is 13.5. The summed E-state index contributed by atoms with van der Waals surface area (Å²) in [4.78, 5) is 11.2. The van der Waals surface area contributed by atoms with E-state index in [-0.39, 0.29) is 22.0 Å². The Hall–Kier alpha value is -3.33. The number of carbonyl (C=O) groups is 1. The van der Waals surface area contributed by atoms with Gasteiger partial charge in [-0.2, -0.15) is 21.6 Å². The molecule has 3 aromatic carbocycles. The Morgan fingerprint density at radius 3 is 1.89 bits per heavy atom. The second kappa shape index (κ2) is 9.15. The number of rotatable bonds is 5. The number of aromatic carboxylic acids is 1. The zero-order valence-electron chi connectivity index (χ0n) is 21.7. The van der Waals surface area contributed by atoms with Gasteiger partial charge in [-0.3, -0.25) is 0 Å². The number of carboxylic acid groups (broad SMARTS) is 1. The maximum Gasteiger partial charge on any atom is 0.534 e. The van der Waals surface area contributed by atoms with Gasteiger partial charge in [0.1, 0.15) is 0 Å². The second-order valence-electron chi connectivity index (χ2n) is 11.1. The molecule has 1 aliphatic carbocycles. The molecule has 0 bridgehead atoms. The van der Waals surface area contributed by atoms with Crippen molar-refractivity contribution in [2.24, 2.45) is 0 Å². The van der Waals surface area contributed by atoms with Crippen molar-refractivity contribution >= 4 is 16.1 Å². The van der Waals surface area contributed by atoms with Gasteiger partial charge in [0, 0.05) is 5.56 Å². The predicted octanol–water partition coefficient (Wildman–Crippen LogP) is 7.60. The molecular weight excluding hydrogens is 517 g/mol. The third kappa shape index (κ3) is 5.04. The van der Waals surface area contributed by atoms with Crippen molar-refractivity contribution in [3.63, 3.8) is 0 Å². The monoisotopic (exact) mass is 546 g/mol. The molecule has 0 amide bonds. The van der Waals surface area contributed by atoms with Crippen LogP contribution in [0, 0.1) is 6.92 Å². The van der Waals surface area contributed by atoms with E-state index in [0.29, 0.717) is 16.7 Å². The van der Waals surface area contributed by atoms with Gasteiger partial charge in [-0.05, 0) is 94.3 Å². The molecule has 9 heteroatoms. The van der Waals surface area contributed by atoms with Gasteiger partial charge in [-0.25, -0.2) is 4.79 Å². The highest BCUT2D eigenvalue weighted by molar-refractivity contribution is 7.88. The summed E-state index contributed by atoms with van der Waals surface area (Å²) < 4.78 is 68.3. The van der Waals surface area contributed by atoms with E-state index in [1.165, 1.54) is 24.3 Å². The molecule has 0 fully saturated rings. The Bertz CT molecular complexity index is 1520. The maximum absolute atomic E-state index is 13.2. The summed E-state index contributed by atoms with van der Waals surface area (Å²) in [5, 5.41) is 9.19. The van der Waals surface area contributed by atoms with Crippen LogP contribution >= 0.6 is 0 Å². The molecule has 0 heterocycles. The van der Waals surface area contributed by atoms with Gasteiger partial charge >= 0.3 is 21.6 Å². The minimum atomic E-state index is -5.91. The highest BCUT2D eigenvalue weighted by Gasteiger charge is 2.49. The number of carboxylic acids is 1. The summed E-state index contributed by atoms with van der Waals surface area (Å²) in [6, 6.07) is 14.2. The molecule has 1 aliphatic rings. The smallest absolute Gasteiger partial charge is 0.478 e. The van der Waals surface area contributed by atoms with Crippen LogP contribution in [0.15, 0.2) is 54.6 Å². The number of hydrogen-bond donors (Lipinski definition) is 1. The number of fused-ring (bicyclic) bond motifs is 1. The van der Waals surface area contributed by atoms with Crippen LogP contribution in [0.5, 0.6) is 5.75 Å². The summed E-state index contributed by atoms with van der Waals surface area (Å²) in [5.41, 5.74) is -0.907. The second-order valence-corrected chi connectivity index (χ2v) is 12.6. The average Bonchev–Trinajstić information content (AvgIpc) is 2.81. The highest BCUT2D eigenvalue weighted by Crippen LogP contribution is 2.49. The van der Waals surface area contributed by atoms with E-state index in [4.69, 9.17) is 0 Å². The molecule has 0 radical (unpaired) electrons. The lowest BCUT2D eigenvalue weighted by atomic mass is 9.62.